The van der Waals surface area contributed by atoms with Gasteiger partial charge >= 0.3 is 5.97 Å². The number of hydrogen-bond donors (Lipinski definition) is 1. The Hall–Kier alpha value is -1.94. The molecule has 0 heterocycles. The van der Waals surface area contributed by atoms with Crippen molar-refractivity contribution in [3.8, 4) is 5.75 Å². The van der Waals surface area contributed by atoms with E-state index in [1.165, 1.54) is 17.3 Å². The molecule has 0 spiro atoms. The molecule has 3 nitrogen and oxygen atoms in total. The molecule has 116 valence electrons. The molecule has 22 heavy (non-hydrogen) atoms. The second-order valence-electron chi connectivity index (χ2n) is 4.94. The highest BCUT2D eigenvalue weighted by Gasteiger charge is 2.00. The summed E-state index contributed by atoms with van der Waals surface area (Å²) < 4.78 is 5.70. The monoisotopic (exact) mass is 316 g/mol. The molecule has 0 saturated heterocycles. The maximum Gasteiger partial charge on any atom is 0.313 e. The minimum Gasteiger partial charge on any atom is -0.494 e. The van der Waals surface area contributed by atoms with Crippen LogP contribution in [0.3, 0.4) is 0 Å². The molecule has 0 saturated carbocycles. The predicted octanol–water partition coefficient (Wildman–Crippen LogP) is 4.27. The zero-order valence-corrected chi connectivity index (χ0v) is 13.2. The largest absolute Gasteiger partial charge is 0.494 e. The van der Waals surface area contributed by atoms with E-state index in [2.05, 4.69) is 24.3 Å². The van der Waals surface area contributed by atoms with E-state index in [1.807, 2.05) is 30.3 Å². The predicted molar refractivity (Wildman–Crippen MR) is 89.7 cm³/mol. The van der Waals surface area contributed by atoms with Crippen LogP contribution >= 0.6 is 11.8 Å². The van der Waals surface area contributed by atoms with E-state index >= 15 is 0 Å². The summed E-state index contributed by atoms with van der Waals surface area (Å²) >= 11 is 1.31. The number of thioether (sulfide) groups is 1. The molecule has 2 aromatic carbocycles. The molecule has 2 aromatic rings. The average molecular weight is 316 g/mol. The summed E-state index contributed by atoms with van der Waals surface area (Å²) in [6, 6.07) is 18.0. The Balaban J connectivity index is 1.63. The molecule has 0 radical (unpaired) electrons. The highest BCUT2D eigenvalue weighted by molar-refractivity contribution is 8.00. The number of carboxylic acid groups (broad SMARTS) is 1. The maximum absolute atomic E-state index is 10.5. The summed E-state index contributed by atoms with van der Waals surface area (Å²) in [6.45, 7) is 0.703. The number of hydrogen-bond acceptors (Lipinski definition) is 3. The van der Waals surface area contributed by atoms with Crippen LogP contribution in [0.4, 0.5) is 0 Å². The maximum atomic E-state index is 10.5. The van der Waals surface area contributed by atoms with Crippen LogP contribution in [0.25, 0.3) is 0 Å². The zero-order chi connectivity index (χ0) is 15.6. The van der Waals surface area contributed by atoms with Gasteiger partial charge in [0.1, 0.15) is 5.75 Å². The lowest BCUT2D eigenvalue weighted by molar-refractivity contribution is -0.133. The lowest BCUT2D eigenvalue weighted by atomic mass is 10.1. The van der Waals surface area contributed by atoms with Gasteiger partial charge in [-0.25, -0.2) is 0 Å². The van der Waals surface area contributed by atoms with Crippen LogP contribution in [-0.2, 0) is 11.2 Å². The number of carboxylic acids is 1. The fourth-order valence-electron chi connectivity index (χ4n) is 2.04. The van der Waals surface area contributed by atoms with Crippen molar-refractivity contribution in [3.63, 3.8) is 0 Å². The Labute approximate surface area is 135 Å². The van der Waals surface area contributed by atoms with Crippen molar-refractivity contribution in [2.45, 2.75) is 24.2 Å². The zero-order valence-electron chi connectivity index (χ0n) is 12.4. The van der Waals surface area contributed by atoms with Gasteiger partial charge in [0, 0.05) is 4.90 Å². The normalized spacial score (nSPS) is 10.4. The molecular formula is C18H20O3S. The van der Waals surface area contributed by atoms with Crippen molar-refractivity contribution in [1.82, 2.24) is 0 Å². The first kappa shape index (κ1) is 16.4. The van der Waals surface area contributed by atoms with E-state index in [-0.39, 0.29) is 5.75 Å². The Morgan fingerprint density at radius 3 is 2.41 bits per heavy atom. The van der Waals surface area contributed by atoms with E-state index in [4.69, 9.17) is 9.84 Å². The van der Waals surface area contributed by atoms with Gasteiger partial charge in [-0.05, 0) is 49.1 Å². The molecular weight excluding hydrogens is 296 g/mol. The third kappa shape index (κ3) is 6.22. The van der Waals surface area contributed by atoms with Gasteiger partial charge < -0.3 is 9.84 Å². The number of ether oxygens (including phenoxy) is 1. The van der Waals surface area contributed by atoms with Crippen LogP contribution in [0.2, 0.25) is 0 Å². The Bertz CT molecular complexity index is 567. The van der Waals surface area contributed by atoms with E-state index in [9.17, 15) is 4.79 Å². The molecule has 0 amide bonds. The van der Waals surface area contributed by atoms with Crippen LogP contribution in [-0.4, -0.2) is 23.4 Å². The molecule has 0 bridgehead atoms. The van der Waals surface area contributed by atoms with Gasteiger partial charge in [0.05, 0.1) is 12.4 Å². The molecule has 0 atom stereocenters. The van der Waals surface area contributed by atoms with Crippen LogP contribution in [0, 0.1) is 0 Å². The molecule has 0 unspecified atom stereocenters. The SMILES string of the molecule is O=C(O)CSc1ccc(OCCCCc2ccccc2)cc1. The third-order valence-electron chi connectivity index (χ3n) is 3.16. The second-order valence-corrected chi connectivity index (χ2v) is 5.99. The second kappa shape index (κ2) is 9.15. The first-order chi connectivity index (χ1) is 10.7. The highest BCUT2D eigenvalue weighted by atomic mass is 32.2. The van der Waals surface area contributed by atoms with Crippen molar-refractivity contribution >= 4 is 17.7 Å². The van der Waals surface area contributed by atoms with Gasteiger partial charge in [-0.1, -0.05) is 30.3 Å². The fourth-order valence-corrected chi connectivity index (χ4v) is 2.66. The molecule has 0 aliphatic rings. The van der Waals surface area contributed by atoms with E-state index in [0.29, 0.717) is 6.61 Å². The van der Waals surface area contributed by atoms with Gasteiger partial charge in [0.25, 0.3) is 0 Å². The smallest absolute Gasteiger partial charge is 0.313 e. The Morgan fingerprint density at radius 1 is 1.00 bits per heavy atom. The summed E-state index contributed by atoms with van der Waals surface area (Å²) in [5.74, 6) is 0.114. The third-order valence-corrected chi connectivity index (χ3v) is 4.15. The molecule has 2 rings (SSSR count). The Morgan fingerprint density at radius 2 is 1.73 bits per heavy atom. The Kier molecular flexibility index (Phi) is 6.84. The first-order valence-electron chi connectivity index (χ1n) is 7.35. The number of rotatable bonds is 9. The van der Waals surface area contributed by atoms with Crippen LogP contribution in [0.1, 0.15) is 18.4 Å². The molecule has 0 fully saturated rings. The standard InChI is InChI=1S/C18H20O3S/c19-18(20)14-22-17-11-9-16(10-12-17)21-13-5-4-8-15-6-2-1-3-7-15/h1-3,6-7,9-12H,4-5,8,13-14H2,(H,19,20). The van der Waals surface area contributed by atoms with Gasteiger partial charge in [-0.3, -0.25) is 4.79 Å². The molecule has 0 aliphatic carbocycles. The topological polar surface area (TPSA) is 46.5 Å². The van der Waals surface area contributed by atoms with Crippen LogP contribution < -0.4 is 4.74 Å². The van der Waals surface area contributed by atoms with Crippen molar-refractivity contribution in [2.24, 2.45) is 0 Å². The molecule has 1 N–H and O–H groups in total. The summed E-state index contributed by atoms with van der Waals surface area (Å²) in [5.41, 5.74) is 1.36. The average Bonchev–Trinajstić information content (AvgIpc) is 2.54. The number of aliphatic carboxylic acids is 1. The van der Waals surface area contributed by atoms with Crippen molar-refractivity contribution in [3.05, 3.63) is 60.2 Å². The van der Waals surface area contributed by atoms with Crippen molar-refractivity contribution in [2.75, 3.05) is 12.4 Å². The molecule has 0 aromatic heterocycles. The minimum absolute atomic E-state index is 0.0830. The summed E-state index contributed by atoms with van der Waals surface area (Å²) in [4.78, 5) is 11.4. The van der Waals surface area contributed by atoms with E-state index in [1.54, 1.807) is 0 Å². The minimum atomic E-state index is -0.802. The van der Waals surface area contributed by atoms with E-state index in [0.717, 1.165) is 29.9 Å². The number of carbonyl (C=O) groups is 1. The molecule has 4 heteroatoms. The van der Waals surface area contributed by atoms with Crippen molar-refractivity contribution < 1.29 is 14.6 Å². The quantitative estimate of drug-likeness (QED) is 0.554. The highest BCUT2D eigenvalue weighted by Crippen LogP contribution is 2.21. The number of benzene rings is 2. The first-order valence-corrected chi connectivity index (χ1v) is 8.34. The lowest BCUT2D eigenvalue weighted by Gasteiger charge is -2.07. The van der Waals surface area contributed by atoms with Gasteiger partial charge in [-0.15, -0.1) is 11.8 Å². The van der Waals surface area contributed by atoms with Gasteiger partial charge in [0.2, 0.25) is 0 Å². The van der Waals surface area contributed by atoms with Crippen molar-refractivity contribution in [1.29, 1.82) is 0 Å². The number of aryl methyl sites for hydroxylation is 1. The lowest BCUT2D eigenvalue weighted by Crippen LogP contribution is -1.99. The van der Waals surface area contributed by atoms with E-state index < -0.39 is 5.97 Å². The van der Waals surface area contributed by atoms with Gasteiger partial charge in [-0.2, -0.15) is 0 Å². The fraction of sp³-hybridized carbons (Fsp3) is 0.278. The summed E-state index contributed by atoms with van der Waals surface area (Å²) in [6.07, 6.45) is 3.20. The number of unbranched alkanes of at least 4 members (excludes halogenated alkanes) is 1. The van der Waals surface area contributed by atoms with Gasteiger partial charge in [0.15, 0.2) is 0 Å². The van der Waals surface area contributed by atoms with Crippen LogP contribution in [0.5, 0.6) is 5.75 Å². The summed E-state index contributed by atoms with van der Waals surface area (Å²) in [5, 5.41) is 8.63. The van der Waals surface area contributed by atoms with Crippen LogP contribution in [0.15, 0.2) is 59.5 Å². The summed E-state index contributed by atoms with van der Waals surface area (Å²) in [7, 11) is 0. The molecule has 0 aliphatic heterocycles.